The number of aromatic nitrogens is 5. The molecule has 0 aliphatic carbocycles. The van der Waals surface area contributed by atoms with E-state index >= 15 is 0 Å². The lowest BCUT2D eigenvalue weighted by molar-refractivity contribution is 0.183. The average Bonchev–Trinajstić information content (AvgIpc) is 3.26. The van der Waals surface area contributed by atoms with Crippen molar-refractivity contribution in [2.45, 2.75) is 6.54 Å². The van der Waals surface area contributed by atoms with E-state index < -0.39 is 0 Å². The predicted molar refractivity (Wildman–Crippen MR) is 123 cm³/mol. The summed E-state index contributed by atoms with van der Waals surface area (Å²) in [6.45, 7) is 1.12. The molecular weight excluding hydrogens is 455 g/mol. The van der Waals surface area contributed by atoms with Gasteiger partial charge in [0.2, 0.25) is 5.95 Å². The lowest BCUT2D eigenvalue weighted by atomic mass is 10.1. The Morgan fingerprint density at radius 1 is 1.00 bits per heavy atom. The van der Waals surface area contributed by atoms with Crippen LogP contribution in [0.25, 0.3) is 33.4 Å². The molecule has 3 aromatic heterocycles. The van der Waals surface area contributed by atoms with Crippen LogP contribution in [0, 0.1) is 0 Å². The van der Waals surface area contributed by atoms with Crippen LogP contribution in [0.4, 0.5) is 5.95 Å². The molecule has 11 heteroatoms. The third kappa shape index (κ3) is 4.02. The highest BCUT2D eigenvalue weighted by molar-refractivity contribution is 6.41. The van der Waals surface area contributed by atoms with Crippen molar-refractivity contribution in [3.63, 3.8) is 0 Å². The van der Waals surface area contributed by atoms with Gasteiger partial charge >= 0.3 is 0 Å². The van der Waals surface area contributed by atoms with Crippen LogP contribution in [-0.2, 0) is 11.3 Å². The van der Waals surface area contributed by atoms with Crippen molar-refractivity contribution in [2.75, 3.05) is 33.7 Å². The summed E-state index contributed by atoms with van der Waals surface area (Å²) in [4.78, 5) is 13.4. The number of benzene rings is 1. The standard InChI is InChI=1S/C21H20Cl2N6O3/c1-30-5-4-29-10-12(9-26-29)20-19-11(8-25-21(24)28-19)6-13(27-20)16-17(22)14(31-2)7-15(32-3)18(16)23/h6-10H,4-5H2,1-3H3,(H2,24,25,28). The average molecular weight is 475 g/mol. The maximum absolute atomic E-state index is 6.63. The van der Waals surface area contributed by atoms with Gasteiger partial charge in [0.25, 0.3) is 0 Å². The summed E-state index contributed by atoms with van der Waals surface area (Å²) < 4.78 is 17.7. The van der Waals surface area contributed by atoms with Crippen molar-refractivity contribution >= 4 is 40.1 Å². The van der Waals surface area contributed by atoms with E-state index in [-0.39, 0.29) is 5.95 Å². The number of pyridine rings is 1. The number of fused-ring (bicyclic) bond motifs is 1. The van der Waals surface area contributed by atoms with E-state index in [0.29, 0.717) is 62.6 Å². The fourth-order valence-electron chi connectivity index (χ4n) is 3.29. The van der Waals surface area contributed by atoms with Gasteiger partial charge in [-0.15, -0.1) is 0 Å². The van der Waals surface area contributed by atoms with E-state index in [2.05, 4.69) is 15.1 Å². The highest BCUT2D eigenvalue weighted by atomic mass is 35.5. The van der Waals surface area contributed by atoms with Crippen molar-refractivity contribution in [3.8, 4) is 34.0 Å². The van der Waals surface area contributed by atoms with Crippen LogP contribution in [-0.4, -0.2) is 52.7 Å². The second-order valence-electron chi connectivity index (χ2n) is 6.79. The Bertz CT molecular complexity index is 1270. The first kappa shape index (κ1) is 22.1. The molecule has 4 rings (SSSR count). The highest BCUT2D eigenvalue weighted by Gasteiger charge is 2.22. The maximum atomic E-state index is 6.63. The lowest BCUT2D eigenvalue weighted by Gasteiger charge is -2.15. The van der Waals surface area contributed by atoms with E-state index in [9.17, 15) is 0 Å². The minimum Gasteiger partial charge on any atom is -0.495 e. The van der Waals surface area contributed by atoms with E-state index in [1.165, 1.54) is 14.2 Å². The summed E-state index contributed by atoms with van der Waals surface area (Å²) in [6.07, 6.45) is 5.19. The van der Waals surface area contributed by atoms with Gasteiger partial charge < -0.3 is 19.9 Å². The van der Waals surface area contributed by atoms with Crippen molar-refractivity contribution in [1.82, 2.24) is 24.7 Å². The molecule has 0 aliphatic rings. The van der Waals surface area contributed by atoms with Gasteiger partial charge in [-0.25, -0.2) is 15.0 Å². The molecule has 0 aliphatic heterocycles. The molecule has 0 saturated heterocycles. The third-order valence-corrected chi connectivity index (χ3v) is 5.60. The van der Waals surface area contributed by atoms with Crippen LogP contribution in [0.5, 0.6) is 11.5 Å². The maximum Gasteiger partial charge on any atom is 0.220 e. The normalized spacial score (nSPS) is 11.2. The van der Waals surface area contributed by atoms with Crippen LogP contribution < -0.4 is 15.2 Å². The fraction of sp³-hybridized carbons (Fsp3) is 0.238. The van der Waals surface area contributed by atoms with Gasteiger partial charge in [0.15, 0.2) is 0 Å². The molecule has 9 nitrogen and oxygen atoms in total. The molecule has 0 bridgehead atoms. The number of methoxy groups -OCH3 is 3. The molecule has 3 heterocycles. The molecule has 4 aromatic rings. The summed E-state index contributed by atoms with van der Waals surface area (Å²) in [5, 5.41) is 5.70. The van der Waals surface area contributed by atoms with Gasteiger partial charge in [-0.05, 0) is 6.07 Å². The van der Waals surface area contributed by atoms with Crippen LogP contribution >= 0.6 is 23.2 Å². The monoisotopic (exact) mass is 474 g/mol. The molecule has 0 saturated carbocycles. The zero-order valence-electron chi connectivity index (χ0n) is 17.6. The summed E-state index contributed by atoms with van der Waals surface area (Å²) in [7, 11) is 4.67. The number of halogens is 2. The van der Waals surface area contributed by atoms with Crippen molar-refractivity contribution in [2.24, 2.45) is 0 Å². The number of anilines is 1. The zero-order valence-corrected chi connectivity index (χ0v) is 19.1. The third-order valence-electron chi connectivity index (χ3n) is 4.85. The van der Waals surface area contributed by atoms with E-state index in [1.54, 1.807) is 36.3 Å². The minimum absolute atomic E-state index is 0.138. The van der Waals surface area contributed by atoms with Crippen molar-refractivity contribution in [3.05, 3.63) is 40.8 Å². The molecule has 0 unspecified atom stereocenters. The Hall–Kier alpha value is -3.14. The van der Waals surface area contributed by atoms with Gasteiger partial charge in [0.05, 0.1) is 49.3 Å². The molecule has 0 atom stereocenters. The topological polar surface area (TPSA) is 110 Å². The van der Waals surface area contributed by atoms with Gasteiger partial charge in [-0.2, -0.15) is 5.10 Å². The van der Waals surface area contributed by atoms with E-state index in [4.69, 9.17) is 48.1 Å². The van der Waals surface area contributed by atoms with Gasteiger partial charge in [-0.3, -0.25) is 4.68 Å². The molecule has 0 spiro atoms. The number of ether oxygens (including phenoxy) is 3. The second kappa shape index (κ2) is 9.15. The Labute approximate surface area is 194 Å². The minimum atomic E-state index is 0.138. The van der Waals surface area contributed by atoms with Crippen LogP contribution in [0.3, 0.4) is 0 Å². The number of rotatable bonds is 7. The molecule has 2 N–H and O–H groups in total. The fourth-order valence-corrected chi connectivity index (χ4v) is 3.98. The Balaban J connectivity index is 1.98. The van der Waals surface area contributed by atoms with E-state index in [0.717, 1.165) is 5.56 Å². The van der Waals surface area contributed by atoms with Crippen molar-refractivity contribution in [1.29, 1.82) is 0 Å². The molecule has 1 aromatic carbocycles. The largest absolute Gasteiger partial charge is 0.495 e. The lowest BCUT2D eigenvalue weighted by Crippen LogP contribution is -2.04. The predicted octanol–water partition coefficient (Wildman–Crippen LogP) is 4.11. The first-order chi connectivity index (χ1) is 15.5. The highest BCUT2D eigenvalue weighted by Crippen LogP contribution is 2.46. The number of nitrogen functional groups attached to an aromatic ring is 1. The van der Waals surface area contributed by atoms with Crippen molar-refractivity contribution < 1.29 is 14.2 Å². The number of hydrogen-bond donors (Lipinski definition) is 1. The molecule has 0 fully saturated rings. The molecule has 166 valence electrons. The van der Waals surface area contributed by atoms with Gasteiger partial charge in [0.1, 0.15) is 22.7 Å². The second-order valence-corrected chi connectivity index (χ2v) is 7.55. The smallest absolute Gasteiger partial charge is 0.220 e. The molecule has 32 heavy (non-hydrogen) atoms. The summed E-state index contributed by atoms with van der Waals surface area (Å²) in [6, 6.07) is 3.42. The van der Waals surface area contributed by atoms with E-state index in [1.807, 2.05) is 6.20 Å². The molecule has 0 radical (unpaired) electrons. The summed E-state index contributed by atoms with van der Waals surface area (Å²) in [5.74, 6) is 0.957. The van der Waals surface area contributed by atoms with Crippen LogP contribution in [0.1, 0.15) is 0 Å². The number of nitrogens with zero attached hydrogens (tertiary/aromatic N) is 5. The number of hydrogen-bond acceptors (Lipinski definition) is 8. The van der Waals surface area contributed by atoms with Gasteiger partial charge in [0, 0.05) is 42.1 Å². The van der Waals surface area contributed by atoms with Crippen LogP contribution in [0.2, 0.25) is 10.0 Å². The Morgan fingerprint density at radius 2 is 1.72 bits per heavy atom. The SMILES string of the molecule is COCCn1cc(-c2nc(-c3c(Cl)c(OC)cc(OC)c3Cl)cc3cnc(N)nc23)cn1. The first-order valence-electron chi connectivity index (χ1n) is 9.52. The zero-order chi connectivity index (χ0) is 22.8. The van der Waals surface area contributed by atoms with Crippen LogP contribution in [0.15, 0.2) is 30.7 Å². The molecule has 0 amide bonds. The van der Waals surface area contributed by atoms with Gasteiger partial charge in [-0.1, -0.05) is 23.2 Å². The number of nitrogens with two attached hydrogens (primary N) is 1. The Morgan fingerprint density at radius 3 is 2.38 bits per heavy atom. The quantitative estimate of drug-likeness (QED) is 0.425. The Kier molecular flexibility index (Phi) is 6.31. The first-order valence-corrected chi connectivity index (χ1v) is 10.3. The summed E-state index contributed by atoms with van der Waals surface area (Å²) in [5.41, 5.74) is 8.70. The summed E-state index contributed by atoms with van der Waals surface area (Å²) >= 11 is 13.3. The molecular formula is C21H20Cl2N6O3.